The van der Waals surface area contributed by atoms with E-state index in [1.54, 1.807) is 13.3 Å². The fraction of sp³-hybridized carbons (Fsp3) is 0.286. The number of methoxy groups -OCH3 is 1. The maximum absolute atomic E-state index is 5.36. The lowest BCUT2D eigenvalue weighted by Gasteiger charge is -2.12. The fourth-order valence-corrected chi connectivity index (χ4v) is 2.04. The van der Waals surface area contributed by atoms with E-state index in [1.165, 1.54) is 11.1 Å². The monoisotopic (exact) mass is 228 g/mol. The van der Waals surface area contributed by atoms with Gasteiger partial charge >= 0.3 is 0 Å². The highest BCUT2D eigenvalue weighted by Gasteiger charge is 2.12. The first-order valence-corrected chi connectivity index (χ1v) is 5.57. The largest absolute Gasteiger partial charge is 0.494 e. The molecule has 2 rings (SSSR count). The molecule has 1 heterocycles. The quantitative estimate of drug-likeness (QED) is 0.792. The van der Waals surface area contributed by atoms with Crippen LogP contribution in [-0.2, 0) is 0 Å². The Morgan fingerprint density at radius 3 is 2.53 bits per heavy atom. The molecule has 0 fully saturated rings. The number of rotatable bonds is 2. The number of aryl methyl sites for hydroxylation is 3. The Morgan fingerprint density at radius 2 is 1.88 bits per heavy atom. The maximum atomic E-state index is 5.36. The average Bonchev–Trinajstić information content (AvgIpc) is 2.30. The van der Waals surface area contributed by atoms with Crippen molar-refractivity contribution in [3.05, 3.63) is 41.2 Å². The lowest BCUT2D eigenvalue weighted by atomic mass is 9.97. The molecule has 2 aromatic rings. The molecule has 88 valence electrons. The first-order valence-electron chi connectivity index (χ1n) is 5.57. The van der Waals surface area contributed by atoms with E-state index >= 15 is 0 Å². The van der Waals surface area contributed by atoms with Gasteiger partial charge in [-0.2, -0.15) is 10.2 Å². The Kier molecular flexibility index (Phi) is 3.09. The molecule has 0 spiro atoms. The second-order valence-corrected chi connectivity index (χ2v) is 4.19. The number of nitrogens with zero attached hydrogens (tertiary/aromatic N) is 2. The summed E-state index contributed by atoms with van der Waals surface area (Å²) >= 11 is 0. The molecule has 17 heavy (non-hydrogen) atoms. The van der Waals surface area contributed by atoms with Crippen LogP contribution in [0.3, 0.4) is 0 Å². The third-order valence-electron chi connectivity index (χ3n) is 2.86. The summed E-state index contributed by atoms with van der Waals surface area (Å²) in [6.07, 6.45) is 1.65. The second-order valence-electron chi connectivity index (χ2n) is 4.19. The second kappa shape index (κ2) is 4.53. The smallest absolute Gasteiger partial charge is 0.148 e. The number of benzene rings is 1. The van der Waals surface area contributed by atoms with Crippen LogP contribution in [0.25, 0.3) is 11.1 Å². The zero-order valence-corrected chi connectivity index (χ0v) is 10.6. The van der Waals surface area contributed by atoms with Gasteiger partial charge in [-0.15, -0.1) is 0 Å². The summed E-state index contributed by atoms with van der Waals surface area (Å²) in [7, 11) is 1.66. The van der Waals surface area contributed by atoms with Crippen LogP contribution in [-0.4, -0.2) is 17.3 Å². The highest BCUT2D eigenvalue weighted by atomic mass is 16.5. The maximum Gasteiger partial charge on any atom is 0.148 e. The van der Waals surface area contributed by atoms with Crippen LogP contribution >= 0.6 is 0 Å². The van der Waals surface area contributed by atoms with Crippen molar-refractivity contribution in [1.29, 1.82) is 0 Å². The normalized spacial score (nSPS) is 10.4. The molecule has 0 amide bonds. The van der Waals surface area contributed by atoms with Crippen LogP contribution in [0.15, 0.2) is 24.4 Å². The number of ether oxygens (including phenoxy) is 1. The molecule has 0 bridgehead atoms. The van der Waals surface area contributed by atoms with Crippen LogP contribution in [0.1, 0.15) is 16.8 Å². The Labute approximate surface area is 101 Å². The van der Waals surface area contributed by atoms with E-state index in [1.807, 2.05) is 6.92 Å². The Balaban J connectivity index is 2.67. The number of hydrogen-bond donors (Lipinski definition) is 0. The molecule has 0 aliphatic rings. The first kappa shape index (κ1) is 11.6. The molecule has 1 aromatic heterocycles. The molecular formula is C14H16N2O. The standard InChI is InChI=1S/C14H16N2O/c1-9-5-6-12(10(2)7-9)14-11(3)16-15-8-13(14)17-4/h5-8H,1-4H3. The molecule has 0 saturated heterocycles. The lowest BCUT2D eigenvalue weighted by molar-refractivity contribution is 0.412. The third-order valence-corrected chi connectivity index (χ3v) is 2.86. The van der Waals surface area contributed by atoms with Crippen molar-refractivity contribution in [3.63, 3.8) is 0 Å². The number of hydrogen-bond acceptors (Lipinski definition) is 3. The molecule has 3 nitrogen and oxygen atoms in total. The first-order chi connectivity index (χ1) is 8.13. The van der Waals surface area contributed by atoms with E-state index in [0.717, 1.165) is 22.6 Å². The Bertz CT molecular complexity index is 550. The van der Waals surface area contributed by atoms with Gasteiger partial charge in [0.25, 0.3) is 0 Å². The van der Waals surface area contributed by atoms with E-state index in [-0.39, 0.29) is 0 Å². The minimum atomic E-state index is 0.768. The van der Waals surface area contributed by atoms with Crippen LogP contribution in [0.5, 0.6) is 5.75 Å². The molecule has 3 heteroatoms. The van der Waals surface area contributed by atoms with Gasteiger partial charge in [-0.25, -0.2) is 0 Å². The average molecular weight is 228 g/mol. The SMILES string of the molecule is COc1cnnc(C)c1-c1ccc(C)cc1C. The predicted octanol–water partition coefficient (Wildman–Crippen LogP) is 3.08. The van der Waals surface area contributed by atoms with Crippen molar-refractivity contribution in [3.8, 4) is 16.9 Å². The molecule has 0 radical (unpaired) electrons. The van der Waals surface area contributed by atoms with Crippen molar-refractivity contribution in [2.45, 2.75) is 20.8 Å². The summed E-state index contributed by atoms with van der Waals surface area (Å²) < 4.78 is 5.36. The van der Waals surface area contributed by atoms with E-state index in [9.17, 15) is 0 Å². The molecule has 0 saturated carbocycles. The highest BCUT2D eigenvalue weighted by molar-refractivity contribution is 5.74. The van der Waals surface area contributed by atoms with Crippen LogP contribution in [0.2, 0.25) is 0 Å². The summed E-state index contributed by atoms with van der Waals surface area (Å²) in [6, 6.07) is 6.37. The van der Waals surface area contributed by atoms with Gasteiger partial charge in [0.2, 0.25) is 0 Å². The van der Waals surface area contributed by atoms with Gasteiger partial charge in [0.05, 0.1) is 19.0 Å². The minimum absolute atomic E-state index is 0.768. The van der Waals surface area contributed by atoms with Crippen molar-refractivity contribution in [2.75, 3.05) is 7.11 Å². The van der Waals surface area contributed by atoms with E-state index in [2.05, 4.69) is 42.2 Å². The van der Waals surface area contributed by atoms with Gasteiger partial charge in [0, 0.05) is 5.56 Å². The van der Waals surface area contributed by atoms with Crippen LogP contribution in [0.4, 0.5) is 0 Å². The zero-order valence-electron chi connectivity index (χ0n) is 10.6. The molecule has 1 aromatic carbocycles. The van der Waals surface area contributed by atoms with Crippen LogP contribution < -0.4 is 4.74 Å². The molecular weight excluding hydrogens is 212 g/mol. The zero-order chi connectivity index (χ0) is 12.4. The summed E-state index contributed by atoms with van der Waals surface area (Å²) in [5, 5.41) is 8.01. The third kappa shape index (κ3) is 2.13. The molecule has 0 N–H and O–H groups in total. The van der Waals surface area contributed by atoms with E-state index in [0.29, 0.717) is 0 Å². The minimum Gasteiger partial charge on any atom is -0.494 e. The fourth-order valence-electron chi connectivity index (χ4n) is 2.04. The van der Waals surface area contributed by atoms with E-state index < -0.39 is 0 Å². The lowest BCUT2D eigenvalue weighted by Crippen LogP contribution is -1.97. The number of aromatic nitrogens is 2. The van der Waals surface area contributed by atoms with Gasteiger partial charge in [0.15, 0.2) is 0 Å². The summed E-state index contributed by atoms with van der Waals surface area (Å²) in [4.78, 5) is 0. The van der Waals surface area contributed by atoms with Crippen molar-refractivity contribution < 1.29 is 4.74 Å². The summed E-state index contributed by atoms with van der Waals surface area (Å²) in [5.74, 6) is 0.768. The van der Waals surface area contributed by atoms with E-state index in [4.69, 9.17) is 4.74 Å². The molecule has 0 aliphatic carbocycles. The Hall–Kier alpha value is -1.90. The summed E-state index contributed by atoms with van der Waals surface area (Å²) in [6.45, 7) is 6.14. The molecule has 0 unspecified atom stereocenters. The van der Waals surface area contributed by atoms with Gasteiger partial charge in [-0.3, -0.25) is 0 Å². The molecule has 0 atom stereocenters. The predicted molar refractivity (Wildman–Crippen MR) is 68.2 cm³/mol. The van der Waals surface area contributed by atoms with Crippen LogP contribution in [0, 0.1) is 20.8 Å². The molecule has 0 aliphatic heterocycles. The van der Waals surface area contributed by atoms with Crippen molar-refractivity contribution in [1.82, 2.24) is 10.2 Å². The van der Waals surface area contributed by atoms with Crippen molar-refractivity contribution >= 4 is 0 Å². The van der Waals surface area contributed by atoms with Crippen molar-refractivity contribution in [2.24, 2.45) is 0 Å². The van der Waals surface area contributed by atoms with Gasteiger partial charge in [-0.05, 0) is 31.9 Å². The topological polar surface area (TPSA) is 35.0 Å². The van der Waals surface area contributed by atoms with Gasteiger partial charge in [0.1, 0.15) is 5.75 Å². The highest BCUT2D eigenvalue weighted by Crippen LogP contribution is 2.33. The van der Waals surface area contributed by atoms with Gasteiger partial charge in [-0.1, -0.05) is 23.8 Å². The van der Waals surface area contributed by atoms with Gasteiger partial charge < -0.3 is 4.74 Å². The summed E-state index contributed by atoms with van der Waals surface area (Å²) in [5.41, 5.74) is 5.54. The Morgan fingerprint density at radius 1 is 1.12 bits per heavy atom.